The van der Waals surface area contributed by atoms with E-state index < -0.39 is 0 Å². The Hall–Kier alpha value is -2.93. The predicted octanol–water partition coefficient (Wildman–Crippen LogP) is 4.15. The van der Waals surface area contributed by atoms with Crippen LogP contribution in [0.25, 0.3) is 22.8 Å². The largest absolute Gasteiger partial charge is 0.384 e. The molecule has 0 bridgehead atoms. The van der Waals surface area contributed by atoms with Gasteiger partial charge >= 0.3 is 0 Å². The average Bonchev–Trinajstić information content (AvgIpc) is 3.20. The molecule has 0 aliphatic heterocycles. The number of ether oxygens (including phenoxy) is 1. The monoisotopic (exact) mass is 381 g/mol. The number of methoxy groups -OCH3 is 1. The molecule has 2 heterocycles. The van der Waals surface area contributed by atoms with Gasteiger partial charge in [-0.3, -0.25) is 0 Å². The second-order valence-corrected chi connectivity index (χ2v) is 6.71. The second-order valence-electron chi connectivity index (χ2n) is 6.71. The number of aromatic nitrogens is 3. The number of rotatable bonds is 8. The van der Waals surface area contributed by atoms with Gasteiger partial charge in [0, 0.05) is 48.3 Å². The summed E-state index contributed by atoms with van der Waals surface area (Å²) in [4.78, 5) is 11.0. The number of nitrogens with two attached hydrogens (primary N) is 1. The predicted molar refractivity (Wildman–Crippen MR) is 111 cm³/mol. The van der Waals surface area contributed by atoms with Crippen LogP contribution in [0, 0.1) is 0 Å². The van der Waals surface area contributed by atoms with Crippen LogP contribution in [0.4, 0.5) is 11.5 Å². The van der Waals surface area contributed by atoms with E-state index in [1.54, 1.807) is 19.4 Å². The van der Waals surface area contributed by atoms with Crippen LogP contribution in [0.2, 0.25) is 0 Å². The standard InChI is InChI=1S/C21H27N5O2/c1-5-14(3)26(6-2)18-9-7-15(11-17(18)13-27-4)21-24-20(25-28-21)16-8-10-19(22)23-12-16/h7-12,14H,5-6,13H2,1-4H3,(H2,22,23). The van der Waals surface area contributed by atoms with E-state index in [1.165, 1.54) is 5.69 Å². The Morgan fingerprint density at radius 2 is 1.96 bits per heavy atom. The first-order valence-electron chi connectivity index (χ1n) is 9.51. The molecule has 3 rings (SSSR count). The fourth-order valence-electron chi connectivity index (χ4n) is 3.21. The zero-order valence-electron chi connectivity index (χ0n) is 16.8. The lowest BCUT2D eigenvalue weighted by atomic mass is 10.1. The molecule has 0 fully saturated rings. The highest BCUT2D eigenvalue weighted by atomic mass is 16.5. The molecule has 0 saturated carbocycles. The maximum atomic E-state index is 5.64. The van der Waals surface area contributed by atoms with Gasteiger partial charge in [-0.15, -0.1) is 0 Å². The Labute approximate surface area is 165 Å². The van der Waals surface area contributed by atoms with Gasteiger partial charge < -0.3 is 19.9 Å². The molecule has 0 aliphatic rings. The van der Waals surface area contributed by atoms with Gasteiger partial charge in [0.25, 0.3) is 5.89 Å². The van der Waals surface area contributed by atoms with Crippen LogP contribution < -0.4 is 10.6 Å². The third kappa shape index (κ3) is 4.14. The van der Waals surface area contributed by atoms with Crippen LogP contribution in [0.1, 0.15) is 32.8 Å². The lowest BCUT2D eigenvalue weighted by Crippen LogP contribution is -2.33. The molecular formula is C21H27N5O2. The molecule has 1 aromatic carbocycles. The Kier molecular flexibility index (Phi) is 6.26. The van der Waals surface area contributed by atoms with Gasteiger partial charge in [0.05, 0.1) is 6.61 Å². The molecule has 0 saturated heterocycles. The molecule has 0 amide bonds. The van der Waals surface area contributed by atoms with Crippen molar-refractivity contribution in [3.8, 4) is 22.8 Å². The lowest BCUT2D eigenvalue weighted by Gasteiger charge is -2.31. The molecule has 0 spiro atoms. The number of benzene rings is 1. The van der Waals surface area contributed by atoms with Crippen LogP contribution in [0.15, 0.2) is 41.1 Å². The molecule has 148 valence electrons. The van der Waals surface area contributed by atoms with E-state index in [0.717, 1.165) is 29.7 Å². The number of hydrogen-bond donors (Lipinski definition) is 1. The SMILES string of the molecule is CCC(C)N(CC)c1ccc(-c2nc(-c3ccc(N)nc3)no2)cc1COC. The van der Waals surface area contributed by atoms with E-state index in [1.807, 2.05) is 12.1 Å². The Morgan fingerprint density at radius 1 is 1.18 bits per heavy atom. The third-order valence-electron chi connectivity index (χ3n) is 4.87. The Balaban J connectivity index is 1.95. The van der Waals surface area contributed by atoms with Crippen LogP contribution in [0.5, 0.6) is 0 Å². The smallest absolute Gasteiger partial charge is 0.258 e. The summed E-state index contributed by atoms with van der Waals surface area (Å²) in [5.74, 6) is 1.39. The molecule has 7 heteroatoms. The first-order valence-corrected chi connectivity index (χ1v) is 9.51. The fraction of sp³-hybridized carbons (Fsp3) is 0.381. The van der Waals surface area contributed by atoms with Gasteiger partial charge in [0.2, 0.25) is 5.82 Å². The van der Waals surface area contributed by atoms with Gasteiger partial charge in [-0.05, 0) is 50.6 Å². The quantitative estimate of drug-likeness (QED) is 0.627. The minimum absolute atomic E-state index is 0.444. The van der Waals surface area contributed by atoms with E-state index in [9.17, 15) is 0 Å². The number of hydrogen-bond acceptors (Lipinski definition) is 7. The van der Waals surface area contributed by atoms with E-state index in [2.05, 4.69) is 52.9 Å². The minimum Gasteiger partial charge on any atom is -0.384 e. The van der Waals surface area contributed by atoms with E-state index in [4.69, 9.17) is 15.0 Å². The summed E-state index contributed by atoms with van der Waals surface area (Å²) in [6, 6.07) is 10.2. The van der Waals surface area contributed by atoms with Crippen molar-refractivity contribution in [3.05, 3.63) is 42.1 Å². The number of nitrogen functional groups attached to an aromatic ring is 1. The maximum absolute atomic E-state index is 5.64. The molecule has 2 aromatic heterocycles. The molecule has 2 N–H and O–H groups in total. The normalized spacial score (nSPS) is 12.1. The van der Waals surface area contributed by atoms with Gasteiger partial charge in [0.15, 0.2) is 0 Å². The van der Waals surface area contributed by atoms with Crippen molar-refractivity contribution in [3.63, 3.8) is 0 Å². The van der Waals surface area contributed by atoms with Crippen LogP contribution in [-0.2, 0) is 11.3 Å². The highest BCUT2D eigenvalue weighted by molar-refractivity contribution is 5.66. The van der Waals surface area contributed by atoms with Crippen LogP contribution >= 0.6 is 0 Å². The summed E-state index contributed by atoms with van der Waals surface area (Å²) in [7, 11) is 1.70. The highest BCUT2D eigenvalue weighted by Crippen LogP contribution is 2.30. The second kappa shape index (κ2) is 8.84. The van der Waals surface area contributed by atoms with Crippen LogP contribution in [-0.4, -0.2) is 34.8 Å². The summed E-state index contributed by atoms with van der Waals surface area (Å²) in [6.45, 7) is 8.04. The van der Waals surface area contributed by atoms with Crippen LogP contribution in [0.3, 0.4) is 0 Å². The molecule has 3 aromatic rings. The maximum Gasteiger partial charge on any atom is 0.258 e. The average molecular weight is 381 g/mol. The summed E-state index contributed by atoms with van der Waals surface area (Å²) < 4.78 is 10.9. The summed E-state index contributed by atoms with van der Waals surface area (Å²) in [5, 5.41) is 4.07. The van der Waals surface area contributed by atoms with Crippen molar-refractivity contribution in [2.24, 2.45) is 0 Å². The van der Waals surface area contributed by atoms with Crippen molar-refractivity contribution < 1.29 is 9.26 Å². The first kappa shape index (κ1) is 19.8. The molecule has 0 radical (unpaired) electrons. The zero-order valence-corrected chi connectivity index (χ0v) is 16.8. The Bertz CT molecular complexity index is 907. The molecule has 1 unspecified atom stereocenters. The van der Waals surface area contributed by atoms with Crippen molar-refractivity contribution in [1.82, 2.24) is 15.1 Å². The van der Waals surface area contributed by atoms with Gasteiger partial charge in [-0.1, -0.05) is 12.1 Å². The van der Waals surface area contributed by atoms with E-state index in [-0.39, 0.29) is 0 Å². The van der Waals surface area contributed by atoms with Crippen molar-refractivity contribution in [2.45, 2.75) is 39.8 Å². The van der Waals surface area contributed by atoms with Crippen molar-refractivity contribution >= 4 is 11.5 Å². The van der Waals surface area contributed by atoms with Gasteiger partial charge in [-0.2, -0.15) is 4.98 Å². The lowest BCUT2D eigenvalue weighted by molar-refractivity contribution is 0.185. The highest BCUT2D eigenvalue weighted by Gasteiger charge is 2.18. The number of nitrogens with zero attached hydrogens (tertiary/aromatic N) is 4. The summed E-state index contributed by atoms with van der Waals surface area (Å²) >= 11 is 0. The van der Waals surface area contributed by atoms with Gasteiger partial charge in [-0.25, -0.2) is 4.98 Å². The van der Waals surface area contributed by atoms with E-state index in [0.29, 0.717) is 30.2 Å². The molecular weight excluding hydrogens is 354 g/mol. The Morgan fingerprint density at radius 3 is 2.61 bits per heavy atom. The topological polar surface area (TPSA) is 90.3 Å². The molecule has 7 nitrogen and oxygen atoms in total. The molecule has 1 atom stereocenters. The number of anilines is 2. The molecule has 28 heavy (non-hydrogen) atoms. The van der Waals surface area contributed by atoms with Gasteiger partial charge in [0.1, 0.15) is 5.82 Å². The van der Waals surface area contributed by atoms with Crippen molar-refractivity contribution in [1.29, 1.82) is 0 Å². The third-order valence-corrected chi connectivity index (χ3v) is 4.87. The van der Waals surface area contributed by atoms with Crippen molar-refractivity contribution in [2.75, 3.05) is 24.3 Å². The molecule has 0 aliphatic carbocycles. The fourth-order valence-corrected chi connectivity index (χ4v) is 3.21. The minimum atomic E-state index is 0.444. The summed E-state index contributed by atoms with van der Waals surface area (Å²) in [5.41, 5.74) is 9.52. The first-order chi connectivity index (χ1) is 13.6. The van der Waals surface area contributed by atoms with E-state index >= 15 is 0 Å². The number of pyridine rings is 1. The zero-order chi connectivity index (χ0) is 20.1. The summed E-state index contributed by atoms with van der Waals surface area (Å²) in [6.07, 6.45) is 2.71.